The Morgan fingerprint density at radius 2 is 1.83 bits per heavy atom. The van der Waals surface area contributed by atoms with E-state index >= 15 is 0 Å². The Balaban J connectivity index is 1.91. The summed E-state index contributed by atoms with van der Waals surface area (Å²) in [4.78, 5) is 40.1. The van der Waals surface area contributed by atoms with E-state index in [1.165, 1.54) is 4.90 Å². The van der Waals surface area contributed by atoms with Gasteiger partial charge in [-0.05, 0) is 17.7 Å². The number of carbonyl (C=O) groups excluding carboxylic acids is 3. The van der Waals surface area contributed by atoms with Gasteiger partial charge in [0.2, 0.25) is 11.8 Å². The van der Waals surface area contributed by atoms with Gasteiger partial charge in [0.15, 0.2) is 0 Å². The smallest absolute Gasteiger partial charge is 0.322 e. The number of rotatable bonds is 3. The Morgan fingerprint density at radius 3 is 2.39 bits per heavy atom. The predicted molar refractivity (Wildman–Crippen MR) is 87.1 cm³/mol. The van der Waals surface area contributed by atoms with Crippen LogP contribution in [0, 0.1) is 0 Å². The number of anilines is 1. The quantitative estimate of drug-likeness (QED) is 0.888. The SMILES string of the molecule is CN(C)C(=O)Cc1ccc(NC(=O)N2CCN(C)C(=O)C2)cc1. The summed E-state index contributed by atoms with van der Waals surface area (Å²) in [5, 5.41) is 2.77. The topological polar surface area (TPSA) is 73.0 Å². The first-order valence-corrected chi connectivity index (χ1v) is 7.46. The van der Waals surface area contributed by atoms with Gasteiger partial charge in [0.1, 0.15) is 6.54 Å². The molecule has 1 aliphatic rings. The summed E-state index contributed by atoms with van der Waals surface area (Å²) < 4.78 is 0. The molecule has 7 heteroatoms. The standard InChI is InChI=1S/C16H22N4O3/c1-18(2)14(21)10-12-4-6-13(7-5-12)17-16(23)20-9-8-19(3)15(22)11-20/h4-7H,8-11H2,1-3H3,(H,17,23). The normalized spacial score (nSPS) is 14.7. The highest BCUT2D eigenvalue weighted by molar-refractivity contribution is 5.93. The van der Waals surface area contributed by atoms with Gasteiger partial charge in [-0.1, -0.05) is 12.1 Å². The molecule has 0 atom stereocenters. The molecule has 0 spiro atoms. The maximum atomic E-state index is 12.2. The van der Waals surface area contributed by atoms with Crippen LogP contribution < -0.4 is 5.32 Å². The van der Waals surface area contributed by atoms with E-state index < -0.39 is 0 Å². The zero-order valence-corrected chi connectivity index (χ0v) is 13.7. The van der Waals surface area contributed by atoms with Crippen molar-refractivity contribution in [3.63, 3.8) is 0 Å². The second-order valence-electron chi connectivity index (χ2n) is 5.83. The molecule has 1 saturated heterocycles. The van der Waals surface area contributed by atoms with Gasteiger partial charge in [-0.2, -0.15) is 0 Å². The van der Waals surface area contributed by atoms with Gasteiger partial charge in [-0.15, -0.1) is 0 Å². The molecule has 2 rings (SSSR count). The molecule has 1 aliphatic heterocycles. The number of likely N-dealkylation sites (N-methyl/N-ethyl adjacent to an activating group) is 2. The van der Waals surface area contributed by atoms with Gasteiger partial charge in [0.05, 0.1) is 6.42 Å². The molecule has 4 amide bonds. The van der Waals surface area contributed by atoms with Crippen molar-refractivity contribution in [1.82, 2.24) is 14.7 Å². The lowest BCUT2D eigenvalue weighted by molar-refractivity contribution is -0.133. The van der Waals surface area contributed by atoms with E-state index in [0.717, 1.165) is 5.56 Å². The van der Waals surface area contributed by atoms with Crippen molar-refractivity contribution in [3.8, 4) is 0 Å². The molecule has 1 aromatic carbocycles. The Kier molecular flexibility index (Phi) is 5.20. The molecule has 0 aromatic heterocycles. The van der Waals surface area contributed by atoms with E-state index in [1.807, 2.05) is 12.1 Å². The van der Waals surface area contributed by atoms with Crippen molar-refractivity contribution in [2.24, 2.45) is 0 Å². The first kappa shape index (κ1) is 16.8. The summed E-state index contributed by atoms with van der Waals surface area (Å²) in [6.07, 6.45) is 0.328. The fraction of sp³-hybridized carbons (Fsp3) is 0.438. The van der Waals surface area contributed by atoms with E-state index in [4.69, 9.17) is 0 Å². The summed E-state index contributed by atoms with van der Waals surface area (Å²) in [6.45, 7) is 1.15. The van der Waals surface area contributed by atoms with E-state index in [1.54, 1.807) is 43.1 Å². The summed E-state index contributed by atoms with van der Waals surface area (Å²) in [5.74, 6) is -0.0401. The molecule has 23 heavy (non-hydrogen) atoms. The van der Waals surface area contributed by atoms with Crippen molar-refractivity contribution in [2.45, 2.75) is 6.42 Å². The van der Waals surface area contributed by atoms with E-state index in [9.17, 15) is 14.4 Å². The van der Waals surface area contributed by atoms with E-state index in [0.29, 0.717) is 25.2 Å². The number of piperazine rings is 1. The van der Waals surface area contributed by atoms with Crippen molar-refractivity contribution < 1.29 is 14.4 Å². The number of carbonyl (C=O) groups is 3. The number of amides is 4. The summed E-state index contributed by atoms with van der Waals surface area (Å²) in [5.41, 5.74) is 1.53. The minimum atomic E-state index is -0.288. The van der Waals surface area contributed by atoms with Crippen LogP contribution in [-0.2, 0) is 16.0 Å². The first-order chi connectivity index (χ1) is 10.9. The van der Waals surface area contributed by atoms with Crippen LogP contribution in [-0.4, -0.2) is 73.3 Å². The van der Waals surface area contributed by atoms with Gasteiger partial charge in [-0.3, -0.25) is 9.59 Å². The second-order valence-corrected chi connectivity index (χ2v) is 5.83. The highest BCUT2D eigenvalue weighted by Gasteiger charge is 2.24. The van der Waals surface area contributed by atoms with Crippen LogP contribution in [0.3, 0.4) is 0 Å². The molecular weight excluding hydrogens is 296 g/mol. The van der Waals surface area contributed by atoms with Gasteiger partial charge < -0.3 is 20.0 Å². The zero-order chi connectivity index (χ0) is 17.0. The van der Waals surface area contributed by atoms with Crippen LogP contribution in [0.1, 0.15) is 5.56 Å². The number of urea groups is 1. The number of hydrogen-bond acceptors (Lipinski definition) is 3. The largest absolute Gasteiger partial charge is 0.349 e. The lowest BCUT2D eigenvalue weighted by Gasteiger charge is -2.31. The highest BCUT2D eigenvalue weighted by atomic mass is 16.2. The highest BCUT2D eigenvalue weighted by Crippen LogP contribution is 2.12. The monoisotopic (exact) mass is 318 g/mol. The van der Waals surface area contributed by atoms with Gasteiger partial charge in [-0.25, -0.2) is 4.79 Å². The van der Waals surface area contributed by atoms with Crippen molar-refractivity contribution in [3.05, 3.63) is 29.8 Å². The molecule has 124 valence electrons. The average molecular weight is 318 g/mol. The number of nitrogens with one attached hydrogen (secondary N) is 1. The van der Waals surface area contributed by atoms with Crippen molar-refractivity contribution in [1.29, 1.82) is 0 Å². The zero-order valence-electron chi connectivity index (χ0n) is 13.7. The minimum absolute atomic E-state index is 0.0257. The number of hydrogen-bond donors (Lipinski definition) is 1. The molecule has 0 bridgehead atoms. The maximum Gasteiger partial charge on any atom is 0.322 e. The molecule has 1 N–H and O–H groups in total. The maximum absolute atomic E-state index is 12.2. The first-order valence-electron chi connectivity index (χ1n) is 7.46. The number of nitrogens with zero attached hydrogens (tertiary/aromatic N) is 3. The third kappa shape index (κ3) is 4.45. The number of benzene rings is 1. The predicted octanol–water partition coefficient (Wildman–Crippen LogP) is 0.623. The van der Waals surface area contributed by atoms with Gasteiger partial charge in [0.25, 0.3) is 0 Å². The lowest BCUT2D eigenvalue weighted by Crippen LogP contribution is -2.51. The molecule has 1 heterocycles. The van der Waals surface area contributed by atoms with Crippen molar-refractivity contribution in [2.75, 3.05) is 46.1 Å². The third-order valence-electron chi connectivity index (χ3n) is 3.80. The lowest BCUT2D eigenvalue weighted by atomic mass is 10.1. The Hall–Kier alpha value is -2.57. The molecular formula is C16H22N4O3. The molecule has 7 nitrogen and oxygen atoms in total. The average Bonchev–Trinajstić information content (AvgIpc) is 2.51. The van der Waals surface area contributed by atoms with Crippen LogP contribution in [0.5, 0.6) is 0 Å². The Bertz CT molecular complexity index is 598. The van der Waals surface area contributed by atoms with Crippen LogP contribution >= 0.6 is 0 Å². The van der Waals surface area contributed by atoms with Gasteiger partial charge in [0, 0.05) is 39.9 Å². The molecule has 0 aliphatic carbocycles. The Morgan fingerprint density at radius 1 is 1.17 bits per heavy atom. The van der Waals surface area contributed by atoms with Crippen LogP contribution in [0.25, 0.3) is 0 Å². The van der Waals surface area contributed by atoms with E-state index in [2.05, 4.69) is 5.32 Å². The molecule has 0 saturated carbocycles. The molecule has 0 unspecified atom stereocenters. The summed E-state index contributed by atoms with van der Waals surface area (Å²) in [7, 11) is 5.16. The fourth-order valence-electron chi connectivity index (χ4n) is 2.17. The molecule has 0 radical (unpaired) electrons. The van der Waals surface area contributed by atoms with Crippen molar-refractivity contribution >= 4 is 23.5 Å². The Labute approximate surface area is 135 Å². The molecule has 1 aromatic rings. The minimum Gasteiger partial charge on any atom is -0.349 e. The van der Waals surface area contributed by atoms with E-state index in [-0.39, 0.29) is 24.4 Å². The van der Waals surface area contributed by atoms with Gasteiger partial charge >= 0.3 is 6.03 Å². The summed E-state index contributed by atoms with van der Waals surface area (Å²) >= 11 is 0. The third-order valence-corrected chi connectivity index (χ3v) is 3.80. The molecule has 1 fully saturated rings. The van der Waals surface area contributed by atoms with Crippen LogP contribution in [0.2, 0.25) is 0 Å². The van der Waals surface area contributed by atoms with Crippen LogP contribution in [0.15, 0.2) is 24.3 Å². The second kappa shape index (κ2) is 7.13. The fourth-order valence-corrected chi connectivity index (χ4v) is 2.17. The van der Waals surface area contributed by atoms with Crippen LogP contribution in [0.4, 0.5) is 10.5 Å². The summed E-state index contributed by atoms with van der Waals surface area (Å²) in [6, 6.07) is 6.85.